The minimum absolute atomic E-state index is 0.0206. The van der Waals surface area contributed by atoms with E-state index in [1.165, 1.54) is 42.9 Å². The van der Waals surface area contributed by atoms with E-state index in [2.05, 4.69) is 5.32 Å². The Morgan fingerprint density at radius 2 is 1.67 bits per heavy atom. The fourth-order valence-electron chi connectivity index (χ4n) is 7.52. The molecular formula is C42H57N2O14PS2. The monoisotopic (exact) mass is 908 g/mol. The van der Waals surface area contributed by atoms with E-state index in [0.717, 1.165) is 0 Å². The van der Waals surface area contributed by atoms with Gasteiger partial charge in [0, 0.05) is 24.6 Å². The number of aliphatic hydroxyl groups is 2. The summed E-state index contributed by atoms with van der Waals surface area (Å²) >= 11 is 0. The number of nitrogens with zero attached hydrogens (tertiary/aromatic N) is 1. The van der Waals surface area contributed by atoms with Gasteiger partial charge in [0.05, 0.1) is 65.3 Å². The van der Waals surface area contributed by atoms with Crippen LogP contribution in [-0.2, 0) is 39.1 Å². The first-order valence-corrected chi connectivity index (χ1v) is 23.4. The van der Waals surface area contributed by atoms with Crippen molar-refractivity contribution in [1.29, 1.82) is 0 Å². The SMILES string of the molecule is COC(=O)[C@H]1[C@@H](O)[C@@]2(O)c3c(OC)cc(OCCCCNC(=O)OCC(C)(C)SSCOP(=O)([O-])OCC[N+](C)(C)C)cc3O[C@@]2(c2ccc(OC)cc2)[C@@H]1c1ccccc1. The highest BCUT2D eigenvalue weighted by Crippen LogP contribution is 2.70. The first-order valence-electron chi connectivity index (χ1n) is 19.7. The molecule has 0 spiro atoms. The second kappa shape index (κ2) is 20.2. The Kier molecular flexibility index (Phi) is 16.0. The van der Waals surface area contributed by atoms with Gasteiger partial charge in [-0.3, -0.25) is 9.36 Å². The lowest BCUT2D eigenvalue weighted by Gasteiger charge is -2.40. The number of hydrogen-bond acceptors (Lipinski definition) is 16. The summed E-state index contributed by atoms with van der Waals surface area (Å²) in [5.74, 6) is -1.69. The molecule has 336 valence electrons. The lowest BCUT2D eigenvalue weighted by Crippen LogP contribution is -2.52. The lowest BCUT2D eigenvalue weighted by atomic mass is 9.70. The van der Waals surface area contributed by atoms with Crippen molar-refractivity contribution in [1.82, 2.24) is 5.32 Å². The highest BCUT2D eigenvalue weighted by molar-refractivity contribution is 8.77. The van der Waals surface area contributed by atoms with Crippen LogP contribution in [0.3, 0.4) is 0 Å². The lowest BCUT2D eigenvalue weighted by molar-refractivity contribution is -0.870. The molecule has 1 aliphatic heterocycles. The summed E-state index contributed by atoms with van der Waals surface area (Å²) in [6.45, 7) is 4.89. The third-order valence-electron chi connectivity index (χ3n) is 10.4. The van der Waals surface area contributed by atoms with E-state index in [1.54, 1.807) is 36.4 Å². The molecule has 2 aliphatic rings. The van der Waals surface area contributed by atoms with Crippen LogP contribution >= 0.6 is 29.4 Å². The number of rotatable bonds is 22. The molecule has 0 saturated heterocycles. The number of benzene rings is 3. The second-order valence-corrected chi connectivity index (χ2v) is 20.6. The standard InChI is InChI=1S/C42H57N2O14PS2/c1-40(2,61-60-27-57-59(49,50)56-23-21-44(3,4)5)26-55-39(47)43-20-12-13-22-54-31-24-32(52-7)36-33(25-31)58-42(29-16-18-30(51-6)19-17-29)35(28-14-10-9-11-15-28)34(38(46)53-8)37(45)41(36,42)48/h9-11,14-19,24-25,34-35,37,45,48H,12-13,20-23,26-27H2,1-8H3,(H-,43,47,49,50)/t34-,35-,37-,41+,42+/m1/s1. The highest BCUT2D eigenvalue weighted by atomic mass is 33.1. The summed E-state index contributed by atoms with van der Waals surface area (Å²) in [6, 6.07) is 19.2. The summed E-state index contributed by atoms with van der Waals surface area (Å²) < 4.78 is 56.7. The van der Waals surface area contributed by atoms with Crippen molar-refractivity contribution in [3.05, 3.63) is 83.4 Å². The third-order valence-corrected chi connectivity index (χ3v) is 14.4. The molecule has 3 aromatic rings. The van der Waals surface area contributed by atoms with Gasteiger partial charge in [-0.05, 0) is 49.9 Å². The van der Waals surface area contributed by atoms with Gasteiger partial charge in [-0.25, -0.2) is 4.79 Å². The minimum atomic E-state index is -4.42. The number of likely N-dealkylation sites (N-methyl/N-ethyl adjacent to an activating group) is 1. The van der Waals surface area contributed by atoms with E-state index >= 15 is 0 Å². The number of carbonyl (C=O) groups is 2. The molecule has 1 fully saturated rings. The average Bonchev–Trinajstić information content (AvgIpc) is 3.60. The van der Waals surface area contributed by atoms with Gasteiger partial charge < -0.3 is 62.4 Å². The summed E-state index contributed by atoms with van der Waals surface area (Å²) in [7, 11) is 8.06. The highest BCUT2D eigenvalue weighted by Gasteiger charge is 2.78. The number of fused-ring (bicyclic) bond motifs is 3. The molecule has 0 radical (unpaired) electrons. The number of phosphoric ester groups is 1. The van der Waals surface area contributed by atoms with Crippen molar-refractivity contribution < 1.29 is 71.2 Å². The predicted molar refractivity (Wildman–Crippen MR) is 229 cm³/mol. The molecule has 3 aromatic carbocycles. The van der Waals surface area contributed by atoms with E-state index in [4.69, 9.17) is 37.5 Å². The van der Waals surface area contributed by atoms with Crippen LogP contribution < -0.4 is 29.2 Å². The Labute approximate surface area is 365 Å². The fourth-order valence-corrected chi connectivity index (χ4v) is 10.7. The molecule has 0 bridgehead atoms. The topological polar surface area (TPSA) is 201 Å². The number of nitrogens with one attached hydrogen (secondary N) is 1. The van der Waals surface area contributed by atoms with Crippen LogP contribution in [0.2, 0.25) is 0 Å². The first kappa shape index (κ1) is 48.3. The molecule has 1 heterocycles. The molecule has 1 aliphatic carbocycles. The van der Waals surface area contributed by atoms with Crippen LogP contribution in [0, 0.1) is 5.92 Å². The molecule has 16 nitrogen and oxygen atoms in total. The quantitative estimate of drug-likeness (QED) is 0.0291. The number of alkyl carbamates (subject to hydrolysis) is 1. The zero-order valence-corrected chi connectivity index (χ0v) is 38.3. The number of methoxy groups -OCH3 is 3. The van der Waals surface area contributed by atoms with Crippen molar-refractivity contribution in [2.75, 3.05) is 81.3 Å². The first-order chi connectivity index (χ1) is 28.8. The van der Waals surface area contributed by atoms with E-state index in [0.29, 0.717) is 53.0 Å². The summed E-state index contributed by atoms with van der Waals surface area (Å²) in [6.07, 6.45) is -1.17. The third kappa shape index (κ3) is 11.1. The maximum absolute atomic E-state index is 13.5. The molecule has 0 aromatic heterocycles. The van der Waals surface area contributed by atoms with Gasteiger partial charge in [-0.2, -0.15) is 0 Å². The van der Waals surface area contributed by atoms with Crippen LogP contribution in [0.1, 0.15) is 49.3 Å². The van der Waals surface area contributed by atoms with E-state index in [9.17, 15) is 29.3 Å². The number of aliphatic hydroxyl groups excluding tert-OH is 1. The predicted octanol–water partition coefficient (Wildman–Crippen LogP) is 5.34. The number of hydrogen-bond donors (Lipinski definition) is 3. The van der Waals surface area contributed by atoms with Gasteiger partial charge in [0.1, 0.15) is 54.8 Å². The number of ether oxygens (including phenoxy) is 6. The molecule has 3 N–H and O–H groups in total. The summed E-state index contributed by atoms with van der Waals surface area (Å²) in [5, 5.41) is 27.9. The second-order valence-electron chi connectivity index (χ2n) is 16.3. The van der Waals surface area contributed by atoms with Gasteiger partial charge in [0.15, 0.2) is 11.2 Å². The Morgan fingerprint density at radius 1 is 0.967 bits per heavy atom. The zero-order chi connectivity index (χ0) is 44.6. The molecular weight excluding hydrogens is 852 g/mol. The van der Waals surface area contributed by atoms with Gasteiger partial charge in [0.25, 0.3) is 7.82 Å². The molecule has 61 heavy (non-hydrogen) atoms. The van der Waals surface area contributed by atoms with Crippen LogP contribution in [0.15, 0.2) is 66.7 Å². The number of phosphoric acid groups is 1. The summed E-state index contributed by atoms with van der Waals surface area (Å²) in [4.78, 5) is 38.0. The number of quaternary nitrogens is 1. The van der Waals surface area contributed by atoms with Crippen molar-refractivity contribution in [3.8, 4) is 23.0 Å². The molecule has 19 heteroatoms. The summed E-state index contributed by atoms with van der Waals surface area (Å²) in [5.41, 5.74) is -2.65. The number of amides is 1. The van der Waals surface area contributed by atoms with Gasteiger partial charge in [-0.1, -0.05) is 64.1 Å². The van der Waals surface area contributed by atoms with Gasteiger partial charge in [0.2, 0.25) is 0 Å². The normalized spacial score (nSPS) is 22.9. The van der Waals surface area contributed by atoms with Crippen LogP contribution in [0.4, 0.5) is 4.79 Å². The smallest absolute Gasteiger partial charge is 0.407 e. The Morgan fingerprint density at radius 3 is 2.31 bits per heavy atom. The van der Waals surface area contributed by atoms with Crippen molar-refractivity contribution >= 4 is 41.5 Å². The van der Waals surface area contributed by atoms with Crippen molar-refractivity contribution in [2.24, 2.45) is 5.92 Å². The molecule has 5 rings (SSSR count). The number of esters is 1. The minimum Gasteiger partial charge on any atom is -0.756 e. The molecule has 1 unspecified atom stereocenters. The molecule has 1 saturated carbocycles. The Hall–Kier alpha value is -3.71. The number of carbonyl (C=O) groups excluding carboxylic acids is 2. The maximum Gasteiger partial charge on any atom is 0.407 e. The van der Waals surface area contributed by atoms with E-state index < -0.39 is 53.8 Å². The number of unbranched alkanes of at least 4 members (excludes halogenated alkanes) is 1. The van der Waals surface area contributed by atoms with Crippen LogP contribution in [-0.4, -0.2) is 119 Å². The molecule has 6 atom stereocenters. The fraction of sp³-hybridized carbons (Fsp3) is 0.524. The van der Waals surface area contributed by atoms with Crippen LogP contribution in [0.5, 0.6) is 23.0 Å². The Balaban J connectivity index is 1.18. The van der Waals surface area contributed by atoms with E-state index in [1.807, 2.05) is 65.3 Å². The Bertz CT molecular complexity index is 2000. The van der Waals surface area contributed by atoms with E-state index in [-0.39, 0.29) is 42.8 Å². The average molecular weight is 909 g/mol. The van der Waals surface area contributed by atoms with Crippen molar-refractivity contribution in [2.45, 2.75) is 54.7 Å². The van der Waals surface area contributed by atoms with Gasteiger partial charge >= 0.3 is 12.1 Å². The zero-order valence-electron chi connectivity index (χ0n) is 35.7. The van der Waals surface area contributed by atoms with Crippen molar-refractivity contribution in [3.63, 3.8) is 0 Å². The largest absolute Gasteiger partial charge is 0.756 e. The van der Waals surface area contributed by atoms with Crippen LogP contribution in [0.25, 0.3) is 0 Å². The maximum atomic E-state index is 13.5. The van der Waals surface area contributed by atoms with Gasteiger partial charge in [-0.15, -0.1) is 0 Å². The molecule has 1 amide bonds.